The molecule has 0 aliphatic heterocycles. The quantitative estimate of drug-likeness (QED) is 0.0832. The predicted molar refractivity (Wildman–Crippen MR) is 525 cm³/mol. The molecule has 618 valence electrons. The molecule has 4 heterocycles. The summed E-state index contributed by atoms with van der Waals surface area (Å²) in [4.78, 5) is 78.6. The van der Waals surface area contributed by atoms with Gasteiger partial charge in [-0.25, -0.2) is 35.2 Å². The van der Waals surface area contributed by atoms with Gasteiger partial charge in [0.05, 0.1) is 55.3 Å². The number of carbonyl (C=O) groups is 4. The molecule has 22 rings (SSSR count). The highest BCUT2D eigenvalue weighted by molar-refractivity contribution is 7.18. The van der Waals surface area contributed by atoms with Crippen molar-refractivity contribution in [1.82, 2.24) is 0 Å². The molecule has 8 aliphatic carbocycles. The largest absolute Gasteiger partial charge is 0.289 e. The summed E-state index contributed by atoms with van der Waals surface area (Å²) in [6, 6.07) is 89.1. The van der Waals surface area contributed by atoms with E-state index in [0.29, 0.717) is 89.2 Å². The van der Waals surface area contributed by atoms with Gasteiger partial charge in [-0.3, -0.25) is 19.2 Å². The van der Waals surface area contributed by atoms with Crippen LogP contribution in [0.5, 0.6) is 0 Å². The van der Waals surface area contributed by atoms with E-state index in [2.05, 4.69) is 226 Å². The average Bonchev–Trinajstić information content (AvgIpc) is 1.50. The van der Waals surface area contributed by atoms with E-state index in [4.69, 9.17) is 26.3 Å². The topological polar surface area (TPSA) is 157 Å². The van der Waals surface area contributed by atoms with Gasteiger partial charge in [0, 0.05) is 111 Å². The maximum atomic E-state index is 14.5. The lowest BCUT2D eigenvalue weighted by molar-refractivity contribution is 0.103. The monoisotopic (exact) mass is 1750 g/mol. The van der Waals surface area contributed by atoms with Crippen LogP contribution >= 0.6 is 45.3 Å². The summed E-state index contributed by atoms with van der Waals surface area (Å²) in [7, 11) is 0. The number of hydrogen-bond donors (Lipinski definition) is 0. The number of hydrogen-bond acceptors (Lipinski definition) is 11. The van der Waals surface area contributed by atoms with Crippen LogP contribution in [-0.2, 0) is 21.7 Å². The van der Waals surface area contributed by atoms with Crippen LogP contribution in [0, 0.1) is 88.0 Å². The Kier molecular flexibility index (Phi) is 19.0. The molecule has 8 aliphatic rings. The lowest BCUT2D eigenvalue weighted by Crippen LogP contribution is -2.30. The van der Waals surface area contributed by atoms with Gasteiger partial charge in [-0.15, -0.1) is 45.3 Å². The Morgan fingerprint density at radius 3 is 0.779 bits per heavy atom. The van der Waals surface area contributed by atoms with Crippen molar-refractivity contribution in [2.24, 2.45) is 0 Å². The molecule has 0 saturated heterocycles. The number of nitrogens with zero attached hydrogens (tertiary/aromatic N) is 7. The molecule has 131 heavy (non-hydrogen) atoms. The van der Waals surface area contributed by atoms with Gasteiger partial charge < -0.3 is 0 Å². The Balaban J connectivity index is 0.000000168. The summed E-state index contributed by atoms with van der Waals surface area (Å²) in [6.45, 7) is 50.5. The van der Waals surface area contributed by atoms with Crippen LogP contribution in [0.4, 0.5) is 0 Å². The zero-order valence-corrected chi connectivity index (χ0v) is 75.6. The number of benzene rings is 10. The summed E-state index contributed by atoms with van der Waals surface area (Å²) in [5.41, 5.74) is 28.8. The van der Waals surface area contributed by atoms with E-state index in [9.17, 15) is 35.0 Å². The zero-order valence-electron chi connectivity index (χ0n) is 72.3. The molecular formula is C116H71N7O4S4. The highest BCUT2D eigenvalue weighted by Gasteiger charge is 2.54. The Morgan fingerprint density at radius 1 is 0.290 bits per heavy atom. The molecule has 0 spiro atoms. The first-order valence-electron chi connectivity index (χ1n) is 42.7. The number of Topliss-reactive ketones (excluding diaryl/α,β-unsaturated/α-hetero) is 4. The first kappa shape index (κ1) is 82.0. The molecule has 0 N–H and O–H groups in total. The van der Waals surface area contributed by atoms with Gasteiger partial charge in [0.15, 0.2) is 28.8 Å². The van der Waals surface area contributed by atoms with E-state index >= 15 is 0 Å². The second-order valence-corrected chi connectivity index (χ2v) is 39.6. The summed E-state index contributed by atoms with van der Waals surface area (Å²) in [5, 5.41) is 29.9. The molecule has 10 aromatic carbocycles. The smallest absolute Gasteiger partial charge is 0.270 e. The molecule has 15 heteroatoms. The number of allylic oxidation sites excluding steroid dienone is 12. The van der Waals surface area contributed by atoms with Crippen molar-refractivity contribution in [3.63, 3.8) is 0 Å². The van der Waals surface area contributed by atoms with Crippen molar-refractivity contribution < 1.29 is 19.2 Å². The molecule has 0 fully saturated rings. The van der Waals surface area contributed by atoms with E-state index in [1.54, 1.807) is 94.7 Å². The average molecular weight is 1760 g/mol. The summed E-state index contributed by atoms with van der Waals surface area (Å²) >= 11 is 6.56. The van der Waals surface area contributed by atoms with Gasteiger partial charge in [0.25, 0.3) is 17.1 Å². The van der Waals surface area contributed by atoms with Crippen LogP contribution in [0.3, 0.4) is 0 Å². The summed E-state index contributed by atoms with van der Waals surface area (Å²) in [5.74, 6) is -0.657. The fourth-order valence-corrected chi connectivity index (χ4v) is 26.1. The number of thiophene rings is 4. The molecule has 0 saturated carbocycles. The van der Waals surface area contributed by atoms with Crippen molar-refractivity contribution in [2.75, 3.05) is 0 Å². The molecule has 11 nitrogen and oxygen atoms in total. The third-order valence-electron chi connectivity index (χ3n) is 27.4. The van der Waals surface area contributed by atoms with E-state index in [-0.39, 0.29) is 51.1 Å². The second-order valence-electron chi connectivity index (χ2n) is 35.3. The van der Waals surface area contributed by atoms with E-state index in [1.807, 2.05) is 91.0 Å². The van der Waals surface area contributed by atoms with Crippen molar-refractivity contribution in [3.05, 3.63) is 486 Å². The van der Waals surface area contributed by atoms with Crippen LogP contribution in [-0.4, -0.2) is 23.1 Å². The van der Waals surface area contributed by atoms with Crippen LogP contribution in [0.1, 0.15) is 207 Å². The van der Waals surface area contributed by atoms with Crippen LogP contribution in [0.2, 0.25) is 0 Å². The third kappa shape index (κ3) is 12.0. The summed E-state index contributed by atoms with van der Waals surface area (Å²) < 4.78 is 0. The van der Waals surface area contributed by atoms with Crippen LogP contribution in [0.15, 0.2) is 288 Å². The Labute approximate surface area is 774 Å². The van der Waals surface area contributed by atoms with Crippen molar-refractivity contribution in [3.8, 4) is 60.0 Å². The first-order valence-corrected chi connectivity index (χ1v) is 45.9. The first-order chi connectivity index (χ1) is 63.3. The standard InChI is InChI=1S/C70H45N3O2S2.C46H26N4O2S2/c1-39-16-24-44(25-17-39)69(45-26-18-40(2)19-27-45)58-37-55-59(36-54(58)67-60(69)34-48(76-67)32-56-63(43(5)72-6)50-12-8-10-14-52(50)65(56)74)70(46-28-20-41(3)21-29-46,47-30-22-42(4)23-31-47)61-35-49(77-68(55)61)33-57-64(62(38-71)73-7)51-13-9-11-15-53(51)66(57)75;1-45(2)33-19-30-34(20-29(33)43-35(45)17-23(53-43)15-31-39(37(21-47)49-5)25-11-7-9-13-27(25)41(31)51)46(3,4)36-18-24(54-44(30)36)16-32-40(38(22-48)50-6)26-12-8-10-14-28(26)42(32)52/h8-37H,1-5H3;7-20H,1-4H3/b56-32-,57-33-,63-43?,64-62+;31-15-,32-16-,39-37+,40-38?. The molecule has 0 unspecified atom stereocenters. The van der Waals surface area contributed by atoms with Crippen molar-refractivity contribution in [1.29, 1.82) is 15.8 Å². The van der Waals surface area contributed by atoms with Crippen molar-refractivity contribution in [2.45, 2.75) is 84.0 Å². The molecule has 0 bridgehead atoms. The van der Waals surface area contributed by atoms with E-state index in [0.717, 1.165) is 134 Å². The molecule has 4 aromatic heterocycles. The fourth-order valence-electron chi connectivity index (χ4n) is 21.1. The van der Waals surface area contributed by atoms with Crippen LogP contribution < -0.4 is 0 Å². The van der Waals surface area contributed by atoms with Gasteiger partial charge in [0.2, 0.25) is 0 Å². The number of fused-ring (bicyclic) bond motifs is 16. The van der Waals surface area contributed by atoms with E-state index < -0.39 is 10.8 Å². The number of nitriles is 3. The third-order valence-corrected chi connectivity index (χ3v) is 31.9. The maximum Gasteiger partial charge on any atom is 0.270 e. The van der Waals surface area contributed by atoms with Gasteiger partial charge in [0.1, 0.15) is 0 Å². The fraction of sp³-hybridized carbons (Fsp3) is 0.112. The molecule has 0 radical (unpaired) electrons. The van der Waals surface area contributed by atoms with Gasteiger partial charge in [-0.2, -0.15) is 0 Å². The zero-order chi connectivity index (χ0) is 90.9. The van der Waals surface area contributed by atoms with Gasteiger partial charge in [-0.05, 0) is 224 Å². The maximum absolute atomic E-state index is 14.5. The van der Waals surface area contributed by atoms with Gasteiger partial charge >= 0.3 is 0 Å². The normalized spacial score (nSPS) is 18.2. The minimum atomic E-state index is -0.829. The second kappa shape index (κ2) is 30.4. The van der Waals surface area contributed by atoms with E-state index in [1.165, 1.54) is 22.3 Å². The Bertz CT molecular complexity index is 7930. The number of rotatable bonds is 8. The lowest BCUT2D eigenvalue weighted by Gasteiger charge is -2.35. The van der Waals surface area contributed by atoms with Crippen molar-refractivity contribution >= 4 is 115 Å². The number of carbonyl (C=O) groups excluding carboxylic acids is 4. The minimum Gasteiger partial charge on any atom is -0.289 e. The highest BCUT2D eigenvalue weighted by Crippen LogP contribution is 2.67. The number of aryl methyl sites for hydroxylation is 4. The van der Waals surface area contributed by atoms with Crippen LogP contribution in [0.25, 0.3) is 108 Å². The summed E-state index contributed by atoms with van der Waals surface area (Å²) in [6.07, 6.45) is 7.60. The predicted octanol–water partition coefficient (Wildman–Crippen LogP) is 28.4. The molecular weight excluding hydrogens is 1680 g/mol. The molecule has 14 aromatic rings. The minimum absolute atomic E-state index is 0.0816. The molecule has 0 atom stereocenters. The number of ketones is 4. The highest BCUT2D eigenvalue weighted by atomic mass is 32.1. The Hall–Kier alpha value is -16.0. The lowest BCUT2D eigenvalue weighted by atomic mass is 9.65. The SMILES string of the molecule is [C-]#[N+]C(C#N)=C1/C(=C/c2cc3c(s2)-c2cc4c(cc2C3(C)C)-c2sc(/C=C3\C(=O)c5ccccc5\C3=C(\C#N)[N+]#[C-])cc2C4(C)C)C(=O)c2ccccc21.[C-]#[N+]C(C)=C1/C(=C/c2cc3c(s2)-c2cc4c(cc2C3(c2ccc(C)cc2)c2ccc(C)cc2)-c2sc(/C=C3\C(=O)c5ccccc5\C3=C(\C#N)[N+]#[C-])cc2C4(c2ccc(C)cc2)c2ccc(C)cc2)C(=O)c2ccccc21. The Morgan fingerprint density at radius 2 is 0.519 bits per heavy atom. The molecule has 0 amide bonds. The van der Waals surface area contributed by atoms with Gasteiger partial charge in [-0.1, -0.05) is 244 Å².